The van der Waals surface area contributed by atoms with Gasteiger partial charge in [-0.25, -0.2) is 8.42 Å². The van der Waals surface area contributed by atoms with Crippen LogP contribution in [-0.4, -0.2) is 26.6 Å². The van der Waals surface area contributed by atoms with E-state index in [9.17, 15) is 8.42 Å². The van der Waals surface area contributed by atoms with Crippen molar-refractivity contribution in [2.45, 2.75) is 18.2 Å². The second-order valence-electron chi connectivity index (χ2n) is 2.29. The van der Waals surface area contributed by atoms with Gasteiger partial charge in [-0.05, 0) is 19.9 Å². The summed E-state index contributed by atoms with van der Waals surface area (Å²) >= 11 is 0. The molecule has 1 rings (SSSR count). The van der Waals surface area contributed by atoms with Gasteiger partial charge in [0.25, 0.3) is 0 Å². The molecule has 0 aromatic heterocycles. The van der Waals surface area contributed by atoms with Gasteiger partial charge in [0.15, 0.2) is 9.84 Å². The Balaban J connectivity index is 2.75. The van der Waals surface area contributed by atoms with E-state index in [-0.39, 0.29) is 5.37 Å². The van der Waals surface area contributed by atoms with Crippen molar-refractivity contribution in [3.8, 4) is 0 Å². The van der Waals surface area contributed by atoms with Crippen LogP contribution in [0.15, 0.2) is 0 Å². The summed E-state index contributed by atoms with van der Waals surface area (Å²) in [6.07, 6.45) is 1.59. The highest BCUT2D eigenvalue weighted by Gasteiger charge is 2.29. The van der Waals surface area contributed by atoms with Crippen molar-refractivity contribution in [2.24, 2.45) is 0 Å². The summed E-state index contributed by atoms with van der Waals surface area (Å²) in [5.74, 6) is 0.360. The van der Waals surface area contributed by atoms with Gasteiger partial charge in [0.05, 0.1) is 5.75 Å². The average molecular weight is 149 g/mol. The molecule has 1 aliphatic heterocycles. The molecule has 0 amide bonds. The zero-order chi connectivity index (χ0) is 6.91. The van der Waals surface area contributed by atoms with Crippen molar-refractivity contribution in [1.82, 2.24) is 5.32 Å². The molecule has 0 saturated carbocycles. The number of nitrogens with one attached hydrogen (secondary N) is 1. The molecule has 0 spiro atoms. The van der Waals surface area contributed by atoms with Gasteiger partial charge in [0, 0.05) is 0 Å². The Bertz CT molecular complexity index is 185. The zero-order valence-electron chi connectivity index (χ0n) is 5.42. The lowest BCUT2D eigenvalue weighted by Crippen LogP contribution is -2.29. The average Bonchev–Trinajstić information content (AvgIpc) is 2.08. The lowest BCUT2D eigenvalue weighted by atomic mass is 10.3. The van der Waals surface area contributed by atoms with Crippen LogP contribution in [0, 0.1) is 0 Å². The van der Waals surface area contributed by atoms with Crippen molar-refractivity contribution in [3.05, 3.63) is 0 Å². The van der Waals surface area contributed by atoms with Crippen LogP contribution in [0.25, 0.3) is 0 Å². The van der Waals surface area contributed by atoms with E-state index in [1.165, 1.54) is 0 Å². The van der Waals surface area contributed by atoms with Gasteiger partial charge in [0.2, 0.25) is 0 Å². The monoisotopic (exact) mass is 149 g/mol. The molecule has 4 heteroatoms. The van der Waals surface area contributed by atoms with Crippen LogP contribution in [0.5, 0.6) is 0 Å². The molecule has 1 unspecified atom stereocenters. The molecule has 1 N–H and O–H groups in total. The molecule has 0 radical (unpaired) electrons. The quantitative estimate of drug-likeness (QED) is 0.558. The first kappa shape index (κ1) is 7.02. The molecule has 9 heavy (non-hydrogen) atoms. The summed E-state index contributed by atoms with van der Waals surface area (Å²) in [6.45, 7) is 0. The van der Waals surface area contributed by atoms with Crippen molar-refractivity contribution in [2.75, 3.05) is 12.8 Å². The first-order valence-corrected chi connectivity index (χ1v) is 4.77. The Labute approximate surface area is 55.4 Å². The predicted octanol–water partition coefficient (Wildman–Crippen LogP) is -0.260. The summed E-state index contributed by atoms with van der Waals surface area (Å²) < 4.78 is 21.9. The standard InChI is InChI=1S/C5H11NO2S/c1-6-5-3-2-4-9(5,7)8/h5-6H,2-4H2,1H3. The molecule has 3 nitrogen and oxygen atoms in total. The van der Waals surface area contributed by atoms with E-state index in [0.717, 1.165) is 12.8 Å². The Hall–Kier alpha value is -0.0900. The first-order chi connectivity index (χ1) is 4.17. The van der Waals surface area contributed by atoms with Crippen LogP contribution in [0.2, 0.25) is 0 Å². The molecule has 1 atom stereocenters. The van der Waals surface area contributed by atoms with Gasteiger partial charge in [-0.15, -0.1) is 0 Å². The fourth-order valence-electron chi connectivity index (χ4n) is 1.12. The summed E-state index contributed by atoms with van der Waals surface area (Å²) in [5.41, 5.74) is 0. The van der Waals surface area contributed by atoms with E-state index in [4.69, 9.17) is 0 Å². The van der Waals surface area contributed by atoms with Crippen LogP contribution >= 0.6 is 0 Å². The smallest absolute Gasteiger partial charge is 0.166 e. The van der Waals surface area contributed by atoms with Crippen LogP contribution < -0.4 is 5.32 Å². The minimum Gasteiger partial charge on any atom is -0.304 e. The minimum atomic E-state index is -2.75. The second kappa shape index (κ2) is 2.27. The van der Waals surface area contributed by atoms with Crippen molar-refractivity contribution < 1.29 is 8.42 Å². The number of hydrogen-bond acceptors (Lipinski definition) is 3. The molecular formula is C5H11NO2S. The normalized spacial score (nSPS) is 32.8. The molecule has 1 heterocycles. The maximum absolute atomic E-state index is 10.9. The third-order valence-corrected chi connectivity index (χ3v) is 3.85. The van der Waals surface area contributed by atoms with Gasteiger partial charge in [-0.3, -0.25) is 0 Å². The maximum atomic E-state index is 10.9. The van der Waals surface area contributed by atoms with Gasteiger partial charge < -0.3 is 5.32 Å². The molecule has 1 fully saturated rings. The predicted molar refractivity (Wildman–Crippen MR) is 35.9 cm³/mol. The van der Waals surface area contributed by atoms with Gasteiger partial charge in [0.1, 0.15) is 5.37 Å². The van der Waals surface area contributed by atoms with Gasteiger partial charge in [-0.1, -0.05) is 0 Å². The van der Waals surface area contributed by atoms with Gasteiger partial charge >= 0.3 is 0 Å². The third kappa shape index (κ3) is 1.24. The summed E-state index contributed by atoms with van der Waals surface area (Å²) in [4.78, 5) is 0. The largest absolute Gasteiger partial charge is 0.304 e. The fraction of sp³-hybridized carbons (Fsp3) is 1.00. The topological polar surface area (TPSA) is 46.2 Å². The molecule has 1 aliphatic rings. The maximum Gasteiger partial charge on any atom is 0.166 e. The highest BCUT2D eigenvalue weighted by Crippen LogP contribution is 2.16. The lowest BCUT2D eigenvalue weighted by Gasteiger charge is -2.04. The highest BCUT2D eigenvalue weighted by atomic mass is 32.2. The molecule has 54 valence electrons. The molecule has 0 aliphatic carbocycles. The van der Waals surface area contributed by atoms with Crippen LogP contribution in [0.3, 0.4) is 0 Å². The van der Waals surface area contributed by atoms with E-state index >= 15 is 0 Å². The van der Waals surface area contributed by atoms with Crippen LogP contribution in [0.4, 0.5) is 0 Å². The fourth-order valence-corrected chi connectivity index (χ4v) is 2.85. The number of sulfone groups is 1. The molecular weight excluding hydrogens is 138 g/mol. The first-order valence-electron chi connectivity index (χ1n) is 3.05. The highest BCUT2D eigenvalue weighted by molar-refractivity contribution is 7.92. The summed E-state index contributed by atoms with van der Waals surface area (Å²) in [6, 6.07) is 0. The number of hydrogen-bond donors (Lipinski definition) is 1. The SMILES string of the molecule is CNC1CCCS1(=O)=O. The molecule has 0 aromatic carbocycles. The number of rotatable bonds is 1. The van der Waals surface area contributed by atoms with Crippen LogP contribution in [-0.2, 0) is 9.84 Å². The van der Waals surface area contributed by atoms with E-state index in [0.29, 0.717) is 5.75 Å². The second-order valence-corrected chi connectivity index (χ2v) is 4.59. The zero-order valence-corrected chi connectivity index (χ0v) is 6.24. The van der Waals surface area contributed by atoms with Crippen molar-refractivity contribution in [1.29, 1.82) is 0 Å². The lowest BCUT2D eigenvalue weighted by molar-refractivity contribution is 0.576. The van der Waals surface area contributed by atoms with Crippen LogP contribution in [0.1, 0.15) is 12.8 Å². The Morgan fingerprint density at radius 1 is 1.56 bits per heavy atom. The Kier molecular flexibility index (Phi) is 1.77. The van der Waals surface area contributed by atoms with E-state index in [2.05, 4.69) is 5.32 Å². The molecule has 1 saturated heterocycles. The molecule has 0 bridgehead atoms. The summed E-state index contributed by atoms with van der Waals surface area (Å²) in [5, 5.41) is 2.50. The van der Waals surface area contributed by atoms with Crippen molar-refractivity contribution >= 4 is 9.84 Å². The molecule has 0 aromatic rings. The Morgan fingerprint density at radius 2 is 2.22 bits per heavy atom. The van der Waals surface area contributed by atoms with Crippen molar-refractivity contribution in [3.63, 3.8) is 0 Å². The van der Waals surface area contributed by atoms with E-state index in [1.807, 2.05) is 0 Å². The third-order valence-electron chi connectivity index (χ3n) is 1.65. The van der Waals surface area contributed by atoms with E-state index < -0.39 is 9.84 Å². The minimum absolute atomic E-state index is 0.266. The Morgan fingerprint density at radius 3 is 2.44 bits per heavy atom. The van der Waals surface area contributed by atoms with Gasteiger partial charge in [-0.2, -0.15) is 0 Å². The summed E-state index contributed by atoms with van der Waals surface area (Å²) in [7, 11) is -1.06. The van der Waals surface area contributed by atoms with E-state index in [1.54, 1.807) is 7.05 Å².